The molecule has 2 atom stereocenters. The number of hydrogen-bond donors (Lipinski definition) is 1. The van der Waals surface area contributed by atoms with Gasteiger partial charge < -0.3 is 9.29 Å². The van der Waals surface area contributed by atoms with Gasteiger partial charge in [-0.25, -0.2) is 14.2 Å². The number of nitrogens with one attached hydrogen (secondary N) is 1. The predicted octanol–water partition coefficient (Wildman–Crippen LogP) is 5.36. The Morgan fingerprint density at radius 3 is 2.52 bits per heavy atom. The summed E-state index contributed by atoms with van der Waals surface area (Å²) in [6, 6.07) is 3.56. The zero-order valence-electron chi connectivity index (χ0n) is 19.7. The summed E-state index contributed by atoms with van der Waals surface area (Å²) < 4.78 is 35.4. The zero-order valence-corrected chi connectivity index (χ0v) is 21.3. The molecule has 1 N–H and O–H groups in total. The highest BCUT2D eigenvalue weighted by Crippen LogP contribution is 2.28. The van der Waals surface area contributed by atoms with Crippen molar-refractivity contribution in [1.29, 1.82) is 0 Å². The predicted molar refractivity (Wildman–Crippen MR) is 129 cm³/mol. The number of rotatable bonds is 5. The Bertz CT molecular complexity index is 1190. The topological polar surface area (TPSA) is 96.3 Å². The molecule has 0 radical (unpaired) electrons. The highest BCUT2D eigenvalue weighted by Gasteiger charge is 2.30. The van der Waals surface area contributed by atoms with Crippen molar-refractivity contribution in [3.63, 3.8) is 0 Å². The average molecular weight is 494 g/mol. The molecule has 3 rings (SSSR count). The third kappa shape index (κ3) is 5.81. The van der Waals surface area contributed by atoms with Crippen molar-refractivity contribution in [3.05, 3.63) is 51.9 Å². The zero-order chi connectivity index (χ0) is 24.7. The minimum absolute atomic E-state index is 0.216. The third-order valence-corrected chi connectivity index (χ3v) is 7.14. The van der Waals surface area contributed by atoms with Crippen LogP contribution >= 0.6 is 11.3 Å². The average Bonchev–Trinajstić information content (AvgIpc) is 3.30. The molecule has 33 heavy (non-hydrogen) atoms. The van der Waals surface area contributed by atoms with Crippen LogP contribution in [-0.4, -0.2) is 36.3 Å². The SMILES string of the molecule is C[C@H](N[S@@+]([O-])C(C)(C)C)c1csc(C(=O)c2cn(C(=O)OC(C)(C)C)c3cc(F)ccc23)n1. The highest BCUT2D eigenvalue weighted by molar-refractivity contribution is 7.90. The Kier molecular flexibility index (Phi) is 7.05. The van der Waals surface area contributed by atoms with Crippen LogP contribution in [0.3, 0.4) is 0 Å². The van der Waals surface area contributed by atoms with Crippen LogP contribution in [0, 0.1) is 5.82 Å². The number of thiazole rings is 1. The van der Waals surface area contributed by atoms with E-state index >= 15 is 0 Å². The monoisotopic (exact) mass is 493 g/mol. The van der Waals surface area contributed by atoms with Crippen LogP contribution < -0.4 is 4.72 Å². The second kappa shape index (κ2) is 9.17. The van der Waals surface area contributed by atoms with Crippen molar-refractivity contribution < 1.29 is 23.3 Å². The third-order valence-electron chi connectivity index (χ3n) is 4.60. The van der Waals surface area contributed by atoms with Crippen LogP contribution in [0.4, 0.5) is 9.18 Å². The van der Waals surface area contributed by atoms with Gasteiger partial charge in [-0.1, -0.05) is 0 Å². The van der Waals surface area contributed by atoms with Gasteiger partial charge in [0.1, 0.15) is 16.2 Å². The van der Waals surface area contributed by atoms with E-state index in [-0.39, 0.29) is 22.1 Å². The summed E-state index contributed by atoms with van der Waals surface area (Å²) in [5.41, 5.74) is 0.282. The van der Waals surface area contributed by atoms with Gasteiger partial charge in [0.05, 0.1) is 22.8 Å². The highest BCUT2D eigenvalue weighted by atomic mass is 32.2. The maximum atomic E-state index is 13.9. The van der Waals surface area contributed by atoms with E-state index in [1.165, 1.54) is 24.4 Å². The van der Waals surface area contributed by atoms with E-state index in [0.717, 1.165) is 15.9 Å². The number of halogens is 1. The lowest BCUT2D eigenvalue weighted by molar-refractivity contribution is 0.0544. The first-order valence-corrected chi connectivity index (χ1v) is 12.4. The van der Waals surface area contributed by atoms with Gasteiger partial charge in [-0.3, -0.25) is 9.36 Å². The molecule has 0 fully saturated rings. The van der Waals surface area contributed by atoms with Gasteiger partial charge >= 0.3 is 6.09 Å². The second-order valence-electron chi connectivity index (χ2n) is 9.68. The lowest BCUT2D eigenvalue weighted by Crippen LogP contribution is -2.40. The molecular formula is C23H28FN3O4S2. The Labute approximate surface area is 199 Å². The molecule has 2 aromatic heterocycles. The van der Waals surface area contributed by atoms with Crippen LogP contribution in [0.2, 0.25) is 0 Å². The number of nitrogens with zero attached hydrogens (tertiary/aromatic N) is 2. The van der Waals surface area contributed by atoms with Gasteiger partial charge in [0.2, 0.25) is 5.78 Å². The maximum absolute atomic E-state index is 13.9. The number of fused-ring (bicyclic) bond motifs is 1. The van der Waals surface area contributed by atoms with Crippen LogP contribution in [-0.2, 0) is 16.1 Å². The molecule has 3 aromatic rings. The van der Waals surface area contributed by atoms with Crippen molar-refractivity contribution in [2.75, 3.05) is 0 Å². The van der Waals surface area contributed by atoms with Gasteiger partial charge in [0.15, 0.2) is 5.01 Å². The number of hydrogen-bond acceptors (Lipinski definition) is 7. The van der Waals surface area contributed by atoms with E-state index in [0.29, 0.717) is 11.1 Å². The van der Waals surface area contributed by atoms with E-state index < -0.39 is 39.4 Å². The van der Waals surface area contributed by atoms with Crippen molar-refractivity contribution in [3.8, 4) is 0 Å². The summed E-state index contributed by atoms with van der Waals surface area (Å²) >= 11 is -0.142. The molecule has 0 aliphatic carbocycles. The molecule has 7 nitrogen and oxygen atoms in total. The Balaban J connectivity index is 1.94. The summed E-state index contributed by atoms with van der Waals surface area (Å²) in [4.78, 5) is 30.4. The number of ketones is 1. The van der Waals surface area contributed by atoms with E-state index in [9.17, 15) is 18.5 Å². The molecule has 0 aliphatic rings. The molecule has 0 bridgehead atoms. The molecule has 0 aliphatic heterocycles. The molecule has 1 aromatic carbocycles. The molecule has 0 spiro atoms. The first-order chi connectivity index (χ1) is 15.2. The molecule has 0 saturated heterocycles. The van der Waals surface area contributed by atoms with Crippen LogP contribution in [0.5, 0.6) is 0 Å². The van der Waals surface area contributed by atoms with E-state index in [4.69, 9.17) is 4.74 Å². The summed E-state index contributed by atoms with van der Waals surface area (Å²) in [5, 5.41) is 2.37. The van der Waals surface area contributed by atoms with Gasteiger partial charge in [-0.15, -0.1) is 16.1 Å². The molecule has 178 valence electrons. The summed E-state index contributed by atoms with van der Waals surface area (Å²) in [6.07, 6.45) is 0.650. The van der Waals surface area contributed by atoms with E-state index in [1.54, 1.807) is 26.2 Å². The van der Waals surface area contributed by atoms with Crippen molar-refractivity contribution in [2.24, 2.45) is 0 Å². The first-order valence-electron chi connectivity index (χ1n) is 10.4. The Hall–Kier alpha value is -2.27. The lowest BCUT2D eigenvalue weighted by atomic mass is 10.1. The fourth-order valence-corrected chi connectivity index (χ4v) is 4.61. The smallest absolute Gasteiger partial charge is 0.419 e. The lowest BCUT2D eigenvalue weighted by Gasteiger charge is -2.25. The molecule has 10 heteroatoms. The molecule has 0 unspecified atom stereocenters. The van der Waals surface area contributed by atoms with Gasteiger partial charge in [-0.2, -0.15) is 0 Å². The van der Waals surface area contributed by atoms with Gasteiger partial charge in [0.25, 0.3) is 0 Å². The van der Waals surface area contributed by atoms with Gasteiger partial charge in [-0.05, 0) is 66.7 Å². The van der Waals surface area contributed by atoms with Gasteiger partial charge in [0, 0.05) is 28.3 Å². The number of carbonyl (C=O) groups excluding carboxylic acids is 2. The van der Waals surface area contributed by atoms with Crippen molar-refractivity contribution in [2.45, 2.75) is 64.9 Å². The molecule has 2 heterocycles. The van der Waals surface area contributed by atoms with Crippen LogP contribution in [0.15, 0.2) is 29.8 Å². The first kappa shape index (κ1) is 25.4. The molecule has 0 amide bonds. The fraction of sp³-hybridized carbons (Fsp3) is 0.435. The van der Waals surface area contributed by atoms with Crippen molar-refractivity contribution in [1.82, 2.24) is 14.3 Å². The van der Waals surface area contributed by atoms with Crippen LogP contribution in [0.25, 0.3) is 10.9 Å². The second-order valence-corrected chi connectivity index (χ2v) is 12.5. The van der Waals surface area contributed by atoms with E-state index in [2.05, 4.69) is 9.71 Å². The number of benzene rings is 1. The summed E-state index contributed by atoms with van der Waals surface area (Å²) in [6.45, 7) is 12.6. The largest absolute Gasteiger partial charge is 0.598 e. The Morgan fingerprint density at radius 1 is 1.24 bits per heavy atom. The fourth-order valence-electron chi connectivity index (χ4n) is 2.95. The number of ether oxygens (including phenoxy) is 1. The summed E-state index contributed by atoms with van der Waals surface area (Å²) in [7, 11) is 0. The minimum atomic E-state index is -1.30. The number of aromatic nitrogens is 2. The molecule has 0 saturated carbocycles. The maximum Gasteiger partial charge on any atom is 0.419 e. The molecular weight excluding hydrogens is 465 g/mol. The normalized spacial score (nSPS) is 14.3. The van der Waals surface area contributed by atoms with E-state index in [1.807, 2.05) is 27.7 Å². The van der Waals surface area contributed by atoms with Crippen molar-refractivity contribution >= 4 is 45.5 Å². The summed E-state index contributed by atoms with van der Waals surface area (Å²) in [5.74, 6) is -0.929. The standard InChI is InChI=1S/C23H28FN3O4S2/c1-13(26-33(30)23(5,6)7)17-12-32-20(25-17)19(28)16-11-27(21(29)31-22(2,3)4)18-10-14(24)8-9-15(16)18/h8-13,26H,1-7H3/t13-,33-/m0/s1. The quantitative estimate of drug-likeness (QED) is 0.379. The van der Waals surface area contributed by atoms with Crippen LogP contribution in [0.1, 0.15) is 75.6 Å². The Morgan fingerprint density at radius 2 is 1.91 bits per heavy atom. The minimum Gasteiger partial charge on any atom is -0.598 e. The number of carbonyl (C=O) groups is 2.